The highest BCUT2D eigenvalue weighted by Crippen LogP contribution is 2.14. The van der Waals surface area contributed by atoms with Crippen LogP contribution in [0.2, 0.25) is 0 Å². The zero-order chi connectivity index (χ0) is 10.1. The van der Waals surface area contributed by atoms with E-state index >= 15 is 0 Å². The van der Waals surface area contributed by atoms with Gasteiger partial charge in [0.1, 0.15) is 4.90 Å². The van der Waals surface area contributed by atoms with E-state index in [0.717, 1.165) is 12.1 Å². The van der Waals surface area contributed by atoms with Gasteiger partial charge in [0.05, 0.1) is 5.56 Å². The summed E-state index contributed by atoms with van der Waals surface area (Å²) in [7, 11) is -4.50. The van der Waals surface area contributed by atoms with E-state index in [9.17, 15) is 18.3 Å². The molecule has 69 valence electrons. The molecule has 1 rings (SSSR count). The Bertz CT molecular complexity index is 434. The molecule has 1 aromatic rings. The molecule has 0 heterocycles. The van der Waals surface area contributed by atoms with Crippen molar-refractivity contribution in [2.24, 2.45) is 0 Å². The van der Waals surface area contributed by atoms with E-state index in [2.05, 4.69) is 0 Å². The molecule has 0 atom stereocenters. The second-order valence-electron chi connectivity index (χ2n) is 2.26. The lowest BCUT2D eigenvalue weighted by atomic mass is 10.2. The van der Waals surface area contributed by atoms with E-state index in [1.807, 2.05) is 0 Å². The summed E-state index contributed by atoms with van der Waals surface area (Å²) in [6.45, 7) is 0. The van der Waals surface area contributed by atoms with Crippen molar-refractivity contribution in [3.05, 3.63) is 29.8 Å². The van der Waals surface area contributed by atoms with Gasteiger partial charge in [0.25, 0.3) is 10.1 Å². The molecule has 0 aliphatic heterocycles. The van der Waals surface area contributed by atoms with Crippen LogP contribution in [0.15, 0.2) is 29.2 Å². The predicted octanol–water partition coefficient (Wildman–Crippen LogP) is 0.504. The van der Waals surface area contributed by atoms with Crippen molar-refractivity contribution in [3.63, 3.8) is 0 Å². The molecule has 6 heteroatoms. The standard InChI is InChI=1S/C7H5O5S/c8-7(9)5-3-1-2-4-6(5)13(10,11)12/h1-4H,(H,10,11,12). The molecule has 0 aliphatic rings. The Balaban J connectivity index is 3.46. The molecule has 5 nitrogen and oxygen atoms in total. The molecule has 0 fully saturated rings. The van der Waals surface area contributed by atoms with Gasteiger partial charge in [0, 0.05) is 0 Å². The highest BCUT2D eigenvalue weighted by atomic mass is 32.2. The van der Waals surface area contributed by atoms with Crippen molar-refractivity contribution in [2.75, 3.05) is 0 Å². The summed E-state index contributed by atoms with van der Waals surface area (Å²) in [5.41, 5.74) is -0.551. The Morgan fingerprint density at radius 3 is 2.15 bits per heavy atom. The minimum atomic E-state index is -4.50. The van der Waals surface area contributed by atoms with E-state index in [0.29, 0.717) is 0 Å². The summed E-state index contributed by atoms with van der Waals surface area (Å²) in [6.07, 6.45) is 0. The average molecular weight is 201 g/mol. The van der Waals surface area contributed by atoms with Gasteiger partial charge in [-0.25, -0.2) is 9.90 Å². The third-order valence-corrected chi connectivity index (χ3v) is 2.30. The van der Waals surface area contributed by atoms with Crippen molar-refractivity contribution >= 4 is 16.1 Å². The quantitative estimate of drug-likeness (QED) is 0.705. The van der Waals surface area contributed by atoms with Crippen LogP contribution in [0, 0.1) is 0 Å². The number of carbonyl (C=O) groups is 1. The molecular weight excluding hydrogens is 196 g/mol. The Morgan fingerprint density at radius 2 is 1.77 bits per heavy atom. The molecular formula is C7H5O5S. The van der Waals surface area contributed by atoms with E-state index in [4.69, 9.17) is 4.55 Å². The fraction of sp³-hybridized carbons (Fsp3) is 0. The molecule has 1 aromatic carbocycles. The monoisotopic (exact) mass is 201 g/mol. The molecule has 0 saturated carbocycles. The smallest absolute Gasteiger partial charge is 0.282 e. The normalized spacial score (nSPS) is 11.2. The summed E-state index contributed by atoms with van der Waals surface area (Å²) in [5, 5.41) is 10.4. The first-order chi connectivity index (χ1) is 5.93. The van der Waals surface area contributed by atoms with Crippen molar-refractivity contribution in [1.82, 2.24) is 0 Å². The first-order valence-corrected chi connectivity index (χ1v) is 4.65. The van der Waals surface area contributed by atoms with Crippen LogP contribution in [0.4, 0.5) is 0 Å². The Kier molecular flexibility index (Phi) is 2.35. The lowest BCUT2D eigenvalue weighted by molar-refractivity contribution is 0.0568. The van der Waals surface area contributed by atoms with Crippen LogP contribution in [0.1, 0.15) is 10.4 Å². The summed E-state index contributed by atoms with van der Waals surface area (Å²) in [4.78, 5) is 9.72. The number of hydrogen-bond donors (Lipinski definition) is 1. The highest BCUT2D eigenvalue weighted by molar-refractivity contribution is 7.86. The van der Waals surface area contributed by atoms with E-state index in [-0.39, 0.29) is 0 Å². The van der Waals surface area contributed by atoms with Crippen molar-refractivity contribution in [3.8, 4) is 0 Å². The first kappa shape index (κ1) is 9.69. The zero-order valence-corrected chi connectivity index (χ0v) is 7.11. The van der Waals surface area contributed by atoms with Crippen molar-refractivity contribution in [1.29, 1.82) is 0 Å². The van der Waals surface area contributed by atoms with Gasteiger partial charge in [-0.05, 0) is 12.1 Å². The molecule has 0 spiro atoms. The molecule has 0 unspecified atom stereocenters. The fourth-order valence-corrected chi connectivity index (χ4v) is 1.54. The minimum absolute atomic E-state index is 0.551. The van der Waals surface area contributed by atoms with Crippen molar-refractivity contribution in [2.45, 2.75) is 4.90 Å². The second-order valence-corrected chi connectivity index (χ2v) is 3.65. The first-order valence-electron chi connectivity index (χ1n) is 3.21. The van der Waals surface area contributed by atoms with E-state index < -0.39 is 26.5 Å². The van der Waals surface area contributed by atoms with Crippen molar-refractivity contribution < 1.29 is 22.9 Å². The maximum Gasteiger partial charge on any atom is 0.387 e. The van der Waals surface area contributed by atoms with Crippen LogP contribution in [-0.4, -0.2) is 18.9 Å². The van der Waals surface area contributed by atoms with Gasteiger partial charge in [0.15, 0.2) is 0 Å². The summed E-state index contributed by atoms with van der Waals surface area (Å²) in [6, 6.07) is 4.66. The van der Waals surface area contributed by atoms with Crippen LogP contribution < -0.4 is 0 Å². The maximum absolute atomic E-state index is 10.6. The van der Waals surface area contributed by atoms with Gasteiger partial charge in [-0.2, -0.15) is 8.42 Å². The fourth-order valence-electron chi connectivity index (χ4n) is 0.860. The minimum Gasteiger partial charge on any atom is -0.282 e. The van der Waals surface area contributed by atoms with E-state index in [1.165, 1.54) is 12.1 Å². The second kappa shape index (κ2) is 3.15. The molecule has 0 saturated heterocycles. The molecule has 0 aromatic heterocycles. The average Bonchev–Trinajstić information content (AvgIpc) is 2.03. The number of hydrogen-bond acceptors (Lipinski definition) is 3. The zero-order valence-electron chi connectivity index (χ0n) is 6.30. The third-order valence-electron chi connectivity index (χ3n) is 1.38. The Morgan fingerprint density at radius 1 is 1.23 bits per heavy atom. The summed E-state index contributed by atoms with van der Waals surface area (Å²) in [5.74, 6) is -1.65. The topological polar surface area (TPSA) is 91.3 Å². The molecule has 1 radical (unpaired) electrons. The largest absolute Gasteiger partial charge is 0.387 e. The molecule has 0 bridgehead atoms. The van der Waals surface area contributed by atoms with Crippen LogP contribution in [-0.2, 0) is 15.2 Å². The number of rotatable bonds is 2. The SMILES string of the molecule is [O]C(=O)c1ccccc1S(=O)(=O)O. The Hall–Kier alpha value is -1.40. The van der Waals surface area contributed by atoms with Gasteiger partial charge in [0.2, 0.25) is 0 Å². The van der Waals surface area contributed by atoms with E-state index in [1.54, 1.807) is 0 Å². The maximum atomic E-state index is 10.6. The molecule has 13 heavy (non-hydrogen) atoms. The molecule has 0 aliphatic carbocycles. The van der Waals surface area contributed by atoms with Crippen LogP contribution >= 0.6 is 0 Å². The summed E-state index contributed by atoms with van der Waals surface area (Å²) < 4.78 is 29.8. The lowest BCUT2D eigenvalue weighted by Gasteiger charge is -1.99. The van der Waals surface area contributed by atoms with Gasteiger partial charge in [-0.1, -0.05) is 12.1 Å². The highest BCUT2D eigenvalue weighted by Gasteiger charge is 2.19. The number of benzene rings is 1. The predicted molar refractivity (Wildman–Crippen MR) is 41.3 cm³/mol. The van der Waals surface area contributed by atoms with Gasteiger partial charge < -0.3 is 0 Å². The lowest BCUT2D eigenvalue weighted by Crippen LogP contribution is -2.06. The van der Waals surface area contributed by atoms with Gasteiger partial charge in [-0.3, -0.25) is 4.55 Å². The van der Waals surface area contributed by atoms with Crippen LogP contribution in [0.25, 0.3) is 0 Å². The van der Waals surface area contributed by atoms with Crippen LogP contribution in [0.3, 0.4) is 0 Å². The third kappa shape index (κ3) is 2.04. The van der Waals surface area contributed by atoms with Gasteiger partial charge >= 0.3 is 5.97 Å². The molecule has 0 amide bonds. The molecule has 1 N–H and O–H groups in total. The van der Waals surface area contributed by atoms with Gasteiger partial charge in [-0.15, -0.1) is 0 Å². The van der Waals surface area contributed by atoms with Crippen LogP contribution in [0.5, 0.6) is 0 Å². The summed E-state index contributed by atoms with van der Waals surface area (Å²) >= 11 is 0. The Labute approximate surface area is 74.4 Å². The number of carbonyl (C=O) groups excluding carboxylic acids is 1.